The first-order chi connectivity index (χ1) is 18.1. The highest BCUT2D eigenvalue weighted by Gasteiger charge is 2.17. The standard InChI is InChI=1S/C28H42O8S2/c1-4-5-6-7-8-9-10-26(34-20-22-36-38(31,32)28-17-13-25(3)14-18-28)23-33-19-21-35-37(29,30)27-15-11-24(2)12-16-27/h11-18,26H,4-10,19-23H2,1-3H3. The van der Waals surface area contributed by atoms with Crippen molar-refractivity contribution >= 4 is 20.2 Å². The van der Waals surface area contributed by atoms with Gasteiger partial charge in [0.1, 0.15) is 0 Å². The SMILES string of the molecule is CCCCCCCCC(COCCOS(=O)(=O)c1ccc(C)cc1)OCCOS(=O)(=O)c1ccc(C)cc1. The summed E-state index contributed by atoms with van der Waals surface area (Å²) in [6, 6.07) is 12.9. The number of hydrogen-bond acceptors (Lipinski definition) is 8. The second-order valence-corrected chi connectivity index (χ2v) is 12.5. The second-order valence-electron chi connectivity index (χ2n) is 9.30. The lowest BCUT2D eigenvalue weighted by molar-refractivity contribution is -0.0334. The molecule has 8 nitrogen and oxygen atoms in total. The molecule has 2 rings (SSSR count). The molecule has 0 aliphatic rings. The van der Waals surface area contributed by atoms with Crippen LogP contribution in [0.1, 0.15) is 63.0 Å². The first-order valence-corrected chi connectivity index (χ1v) is 16.1. The van der Waals surface area contributed by atoms with Gasteiger partial charge in [-0.15, -0.1) is 0 Å². The highest BCUT2D eigenvalue weighted by molar-refractivity contribution is 7.87. The molecule has 1 atom stereocenters. The molecule has 0 heterocycles. The summed E-state index contributed by atoms with van der Waals surface area (Å²) in [5.74, 6) is 0. The monoisotopic (exact) mass is 570 g/mol. The molecule has 10 heteroatoms. The summed E-state index contributed by atoms with van der Waals surface area (Å²) < 4.78 is 71.1. The van der Waals surface area contributed by atoms with Gasteiger partial charge in [0.15, 0.2) is 0 Å². The molecule has 0 bridgehead atoms. The minimum Gasteiger partial charge on any atom is -0.376 e. The third-order valence-corrected chi connectivity index (χ3v) is 8.60. The average molecular weight is 571 g/mol. The van der Waals surface area contributed by atoms with Crippen molar-refractivity contribution in [2.24, 2.45) is 0 Å². The van der Waals surface area contributed by atoms with E-state index < -0.39 is 20.2 Å². The van der Waals surface area contributed by atoms with E-state index in [0.717, 1.165) is 36.8 Å². The van der Waals surface area contributed by atoms with Crippen molar-refractivity contribution in [3.05, 3.63) is 59.7 Å². The van der Waals surface area contributed by atoms with Crippen molar-refractivity contribution in [1.29, 1.82) is 0 Å². The number of benzene rings is 2. The Morgan fingerprint density at radius 3 is 1.63 bits per heavy atom. The van der Waals surface area contributed by atoms with Crippen molar-refractivity contribution in [2.75, 3.05) is 33.0 Å². The summed E-state index contributed by atoms with van der Waals surface area (Å²) >= 11 is 0. The van der Waals surface area contributed by atoms with E-state index in [1.807, 2.05) is 13.8 Å². The molecule has 1 unspecified atom stereocenters. The van der Waals surface area contributed by atoms with Crippen LogP contribution in [0.2, 0.25) is 0 Å². The highest BCUT2D eigenvalue weighted by Crippen LogP contribution is 2.15. The molecule has 2 aromatic rings. The van der Waals surface area contributed by atoms with Crippen LogP contribution in [0.25, 0.3) is 0 Å². The zero-order valence-corrected chi connectivity index (χ0v) is 24.4. The van der Waals surface area contributed by atoms with E-state index in [2.05, 4.69) is 6.92 Å². The fourth-order valence-corrected chi connectivity index (χ4v) is 5.47. The van der Waals surface area contributed by atoms with E-state index in [-0.39, 0.29) is 48.9 Å². The Morgan fingerprint density at radius 2 is 1.11 bits per heavy atom. The van der Waals surface area contributed by atoms with Gasteiger partial charge in [-0.05, 0) is 44.5 Å². The molecule has 0 saturated carbocycles. The van der Waals surface area contributed by atoms with Crippen molar-refractivity contribution in [3.8, 4) is 0 Å². The highest BCUT2D eigenvalue weighted by atomic mass is 32.2. The van der Waals surface area contributed by atoms with E-state index in [4.69, 9.17) is 17.8 Å². The molecule has 0 aliphatic carbocycles. The Balaban J connectivity index is 1.77. The van der Waals surface area contributed by atoms with Crippen molar-refractivity contribution in [2.45, 2.75) is 81.6 Å². The average Bonchev–Trinajstić information content (AvgIpc) is 2.88. The lowest BCUT2D eigenvalue weighted by Crippen LogP contribution is -2.24. The van der Waals surface area contributed by atoms with Gasteiger partial charge < -0.3 is 9.47 Å². The maximum atomic E-state index is 12.4. The van der Waals surface area contributed by atoms with E-state index >= 15 is 0 Å². The Labute approximate surface area is 228 Å². The van der Waals surface area contributed by atoms with Crippen LogP contribution in [-0.4, -0.2) is 56.0 Å². The molecule has 0 fully saturated rings. The first kappa shape index (κ1) is 32.4. The summed E-state index contributed by atoms with van der Waals surface area (Å²) in [7, 11) is -7.70. The number of unbranched alkanes of at least 4 members (excludes halogenated alkanes) is 5. The van der Waals surface area contributed by atoms with Crippen LogP contribution >= 0.6 is 0 Å². The Kier molecular flexibility index (Phi) is 14.5. The molecule has 38 heavy (non-hydrogen) atoms. The van der Waals surface area contributed by atoms with Crippen molar-refractivity contribution in [1.82, 2.24) is 0 Å². The first-order valence-electron chi connectivity index (χ1n) is 13.3. The van der Waals surface area contributed by atoms with Crippen LogP contribution in [0.3, 0.4) is 0 Å². The molecule has 0 saturated heterocycles. The summed E-state index contributed by atoms with van der Waals surface area (Å²) in [6.45, 7) is 6.13. The van der Waals surface area contributed by atoms with Gasteiger partial charge in [-0.1, -0.05) is 80.8 Å². The number of rotatable bonds is 20. The quantitative estimate of drug-likeness (QED) is 0.150. The van der Waals surface area contributed by atoms with Crippen LogP contribution in [0, 0.1) is 13.8 Å². The molecule has 0 amide bonds. The van der Waals surface area contributed by atoms with Crippen molar-refractivity contribution in [3.63, 3.8) is 0 Å². The fraction of sp³-hybridized carbons (Fsp3) is 0.571. The number of ether oxygens (including phenoxy) is 2. The van der Waals surface area contributed by atoms with Gasteiger partial charge in [-0.3, -0.25) is 8.37 Å². The summed E-state index contributed by atoms with van der Waals surface area (Å²) in [4.78, 5) is 0.212. The van der Waals surface area contributed by atoms with E-state index in [0.29, 0.717) is 0 Å². The fourth-order valence-electron chi connectivity index (χ4n) is 3.69. The van der Waals surface area contributed by atoms with Crippen LogP contribution in [-0.2, 0) is 38.1 Å². The number of aryl methyl sites for hydroxylation is 2. The molecule has 2 aromatic carbocycles. The zero-order valence-electron chi connectivity index (χ0n) is 22.8. The van der Waals surface area contributed by atoms with Crippen molar-refractivity contribution < 1.29 is 34.7 Å². The zero-order chi connectivity index (χ0) is 27.9. The third kappa shape index (κ3) is 12.4. The van der Waals surface area contributed by atoms with Gasteiger partial charge in [0.05, 0.1) is 48.9 Å². The Morgan fingerprint density at radius 1 is 0.632 bits per heavy atom. The lowest BCUT2D eigenvalue weighted by atomic mass is 10.1. The summed E-state index contributed by atoms with van der Waals surface area (Å²) in [5.41, 5.74) is 1.92. The molecule has 0 aromatic heterocycles. The minimum absolute atomic E-state index is 0.0831. The minimum atomic E-state index is -3.85. The molecule has 0 N–H and O–H groups in total. The smallest absolute Gasteiger partial charge is 0.297 e. The molecule has 0 aliphatic heterocycles. The van der Waals surface area contributed by atoms with Gasteiger partial charge in [-0.25, -0.2) is 0 Å². The largest absolute Gasteiger partial charge is 0.376 e. The van der Waals surface area contributed by atoms with Gasteiger partial charge in [0.25, 0.3) is 20.2 Å². The Bertz CT molecular complexity index is 1130. The third-order valence-electron chi connectivity index (χ3n) is 5.94. The molecule has 0 radical (unpaired) electrons. The number of hydrogen-bond donors (Lipinski definition) is 0. The molecular formula is C28H42O8S2. The topological polar surface area (TPSA) is 105 Å². The van der Waals surface area contributed by atoms with E-state index in [9.17, 15) is 16.8 Å². The van der Waals surface area contributed by atoms with Gasteiger partial charge in [-0.2, -0.15) is 16.8 Å². The van der Waals surface area contributed by atoms with Gasteiger partial charge >= 0.3 is 0 Å². The Hall–Kier alpha value is -1.82. The maximum absolute atomic E-state index is 12.4. The van der Waals surface area contributed by atoms with Crippen LogP contribution in [0.15, 0.2) is 58.3 Å². The van der Waals surface area contributed by atoms with Crippen LogP contribution in [0.4, 0.5) is 0 Å². The van der Waals surface area contributed by atoms with E-state index in [1.165, 1.54) is 43.5 Å². The normalized spacial score (nSPS) is 13.0. The molecule has 0 spiro atoms. The predicted octanol–water partition coefficient (Wildman–Crippen LogP) is 5.57. The maximum Gasteiger partial charge on any atom is 0.297 e. The lowest BCUT2D eigenvalue weighted by Gasteiger charge is -2.18. The van der Waals surface area contributed by atoms with E-state index in [1.54, 1.807) is 24.3 Å². The predicted molar refractivity (Wildman–Crippen MR) is 147 cm³/mol. The molecular weight excluding hydrogens is 528 g/mol. The molecule has 214 valence electrons. The van der Waals surface area contributed by atoms with Gasteiger partial charge in [0.2, 0.25) is 0 Å². The summed E-state index contributed by atoms with van der Waals surface area (Å²) in [5, 5.41) is 0. The summed E-state index contributed by atoms with van der Waals surface area (Å²) in [6.07, 6.45) is 7.29. The van der Waals surface area contributed by atoms with Crippen LogP contribution < -0.4 is 0 Å². The second kappa shape index (κ2) is 17.0. The van der Waals surface area contributed by atoms with Gasteiger partial charge in [0, 0.05) is 0 Å². The van der Waals surface area contributed by atoms with Crippen LogP contribution in [0.5, 0.6) is 0 Å².